The van der Waals surface area contributed by atoms with Crippen molar-refractivity contribution in [3.63, 3.8) is 0 Å². The summed E-state index contributed by atoms with van der Waals surface area (Å²) in [6, 6.07) is 14.9. The quantitative estimate of drug-likeness (QED) is 0.472. The molecule has 31 heavy (non-hydrogen) atoms. The minimum Gasteiger partial charge on any atom is -0.356 e. The fraction of sp³-hybridized carbons (Fsp3) is 0.273. The molecular formula is C22H20ClN5O3. The average Bonchev–Trinajstić information content (AvgIpc) is 3.42. The molecule has 5 rings (SSSR count). The van der Waals surface area contributed by atoms with Crippen LogP contribution in [0, 0.1) is 0 Å². The number of fused-ring (bicyclic) bond motifs is 1. The highest BCUT2D eigenvalue weighted by Crippen LogP contribution is 2.21. The highest BCUT2D eigenvalue weighted by molar-refractivity contribution is 6.30. The van der Waals surface area contributed by atoms with Crippen molar-refractivity contribution in [3.8, 4) is 11.4 Å². The first-order valence-corrected chi connectivity index (χ1v) is 10.5. The van der Waals surface area contributed by atoms with E-state index in [0.717, 1.165) is 24.0 Å². The van der Waals surface area contributed by atoms with Gasteiger partial charge in [-0.3, -0.25) is 9.69 Å². The van der Waals surface area contributed by atoms with Gasteiger partial charge in [-0.25, -0.2) is 0 Å². The lowest BCUT2D eigenvalue weighted by molar-refractivity contribution is -0.132. The molecule has 1 saturated heterocycles. The maximum atomic E-state index is 12.7. The number of benzene rings is 2. The smallest absolute Gasteiger partial charge is 0.241 e. The molecule has 1 aliphatic rings. The monoisotopic (exact) mass is 437 g/mol. The largest absolute Gasteiger partial charge is 0.356 e. The lowest BCUT2D eigenvalue weighted by Gasteiger charge is -2.33. The van der Waals surface area contributed by atoms with Crippen LogP contribution in [0.3, 0.4) is 0 Å². The molecule has 0 saturated carbocycles. The Labute approximate surface area is 183 Å². The Bertz CT molecular complexity index is 1200. The lowest BCUT2D eigenvalue weighted by Crippen LogP contribution is -2.48. The van der Waals surface area contributed by atoms with Crippen LogP contribution in [0.15, 0.2) is 57.6 Å². The van der Waals surface area contributed by atoms with E-state index in [1.807, 2.05) is 41.3 Å². The number of para-hydroxylation sites is 1. The maximum Gasteiger partial charge on any atom is 0.241 e. The first-order chi connectivity index (χ1) is 15.2. The zero-order chi connectivity index (χ0) is 21.2. The Morgan fingerprint density at radius 2 is 1.74 bits per heavy atom. The third-order valence-electron chi connectivity index (χ3n) is 5.43. The van der Waals surface area contributed by atoms with E-state index in [4.69, 9.17) is 20.6 Å². The van der Waals surface area contributed by atoms with Crippen LogP contribution < -0.4 is 0 Å². The predicted octanol–water partition coefficient (Wildman–Crippen LogP) is 3.42. The molecule has 4 aromatic rings. The van der Waals surface area contributed by atoms with Crippen molar-refractivity contribution >= 4 is 28.5 Å². The Morgan fingerprint density at radius 3 is 2.55 bits per heavy atom. The van der Waals surface area contributed by atoms with Gasteiger partial charge in [-0.1, -0.05) is 34.0 Å². The molecule has 0 bridgehead atoms. The van der Waals surface area contributed by atoms with E-state index in [-0.39, 0.29) is 12.3 Å². The molecule has 0 atom stereocenters. The summed E-state index contributed by atoms with van der Waals surface area (Å²) in [7, 11) is 0. The lowest BCUT2D eigenvalue weighted by atomic mass is 10.1. The fourth-order valence-corrected chi connectivity index (χ4v) is 3.83. The number of halogens is 1. The second-order valence-corrected chi connectivity index (χ2v) is 7.91. The molecule has 0 unspecified atom stereocenters. The van der Waals surface area contributed by atoms with E-state index >= 15 is 0 Å². The molecule has 1 aliphatic heterocycles. The zero-order valence-electron chi connectivity index (χ0n) is 16.7. The van der Waals surface area contributed by atoms with Gasteiger partial charge in [-0.15, -0.1) is 0 Å². The van der Waals surface area contributed by atoms with E-state index in [1.165, 1.54) is 0 Å². The zero-order valence-corrected chi connectivity index (χ0v) is 17.5. The highest BCUT2D eigenvalue weighted by Gasteiger charge is 2.24. The van der Waals surface area contributed by atoms with Crippen molar-refractivity contribution in [3.05, 3.63) is 65.1 Å². The summed E-state index contributed by atoms with van der Waals surface area (Å²) in [6.07, 6.45) is 0.241. The molecule has 1 fully saturated rings. The van der Waals surface area contributed by atoms with E-state index in [2.05, 4.69) is 20.2 Å². The van der Waals surface area contributed by atoms with E-state index in [1.54, 1.807) is 12.1 Å². The summed E-state index contributed by atoms with van der Waals surface area (Å²) in [5, 5.41) is 9.67. The molecule has 2 aromatic carbocycles. The van der Waals surface area contributed by atoms with Gasteiger partial charge in [0.15, 0.2) is 5.58 Å². The van der Waals surface area contributed by atoms with Gasteiger partial charge in [-0.05, 0) is 36.4 Å². The van der Waals surface area contributed by atoms with Crippen molar-refractivity contribution in [2.75, 3.05) is 26.2 Å². The van der Waals surface area contributed by atoms with E-state index < -0.39 is 0 Å². The number of amides is 1. The normalized spacial score (nSPS) is 14.9. The molecule has 2 aromatic heterocycles. The van der Waals surface area contributed by atoms with Gasteiger partial charge in [0.1, 0.15) is 5.69 Å². The van der Waals surface area contributed by atoms with Crippen LogP contribution in [0.4, 0.5) is 0 Å². The standard InChI is InChI=1S/C22H20ClN5O3/c23-16-7-5-15(6-8-16)22-24-20(31-26-22)14-27-9-11-28(12-10-27)21(29)13-18-17-3-1-2-4-19(17)30-25-18/h1-8H,9-14H2. The van der Waals surface area contributed by atoms with Gasteiger partial charge in [0, 0.05) is 42.2 Å². The summed E-state index contributed by atoms with van der Waals surface area (Å²) in [6.45, 7) is 3.32. The third-order valence-corrected chi connectivity index (χ3v) is 5.68. The van der Waals surface area contributed by atoms with Crippen LogP contribution in [-0.2, 0) is 17.8 Å². The first kappa shape index (κ1) is 19.7. The maximum absolute atomic E-state index is 12.7. The number of carbonyl (C=O) groups excluding carboxylic acids is 1. The van der Waals surface area contributed by atoms with Crippen LogP contribution in [-0.4, -0.2) is 57.2 Å². The second kappa shape index (κ2) is 8.49. The first-order valence-electron chi connectivity index (χ1n) is 10.1. The van der Waals surface area contributed by atoms with Crippen LogP contribution in [0.25, 0.3) is 22.4 Å². The molecule has 8 nitrogen and oxygen atoms in total. The number of carbonyl (C=O) groups is 1. The molecule has 0 N–H and O–H groups in total. The summed E-state index contributed by atoms with van der Waals surface area (Å²) in [5.74, 6) is 1.15. The minimum atomic E-state index is 0.0570. The number of hydrogen-bond acceptors (Lipinski definition) is 7. The van der Waals surface area contributed by atoms with Crippen molar-refractivity contribution < 1.29 is 13.8 Å². The third kappa shape index (κ3) is 4.30. The summed E-state index contributed by atoms with van der Waals surface area (Å²) in [5.41, 5.74) is 2.24. The van der Waals surface area contributed by atoms with Crippen molar-refractivity contribution in [2.24, 2.45) is 0 Å². The van der Waals surface area contributed by atoms with Gasteiger partial charge in [0.05, 0.1) is 13.0 Å². The van der Waals surface area contributed by atoms with Gasteiger partial charge in [0.25, 0.3) is 0 Å². The topological polar surface area (TPSA) is 88.5 Å². The van der Waals surface area contributed by atoms with E-state index in [0.29, 0.717) is 47.6 Å². The van der Waals surface area contributed by atoms with Crippen molar-refractivity contribution in [1.29, 1.82) is 0 Å². The van der Waals surface area contributed by atoms with Gasteiger partial charge < -0.3 is 13.9 Å². The second-order valence-electron chi connectivity index (χ2n) is 7.48. The Kier molecular flexibility index (Phi) is 5.40. The average molecular weight is 438 g/mol. The molecule has 3 heterocycles. The minimum absolute atomic E-state index is 0.0570. The molecule has 0 spiro atoms. The van der Waals surface area contributed by atoms with Crippen LogP contribution >= 0.6 is 11.6 Å². The summed E-state index contributed by atoms with van der Waals surface area (Å²) in [4.78, 5) is 21.3. The van der Waals surface area contributed by atoms with Crippen molar-refractivity contribution in [1.82, 2.24) is 25.1 Å². The van der Waals surface area contributed by atoms with E-state index in [9.17, 15) is 4.79 Å². The van der Waals surface area contributed by atoms with Gasteiger partial charge in [-0.2, -0.15) is 4.98 Å². The highest BCUT2D eigenvalue weighted by atomic mass is 35.5. The SMILES string of the molecule is O=C(Cc1noc2ccccc12)N1CCN(Cc2nc(-c3ccc(Cl)cc3)no2)CC1. The molecule has 0 radical (unpaired) electrons. The number of rotatable bonds is 5. The molecule has 0 aliphatic carbocycles. The Balaban J connectivity index is 1.15. The number of aromatic nitrogens is 3. The number of nitrogens with zero attached hydrogens (tertiary/aromatic N) is 5. The number of piperazine rings is 1. The van der Waals surface area contributed by atoms with Crippen LogP contribution in [0.1, 0.15) is 11.6 Å². The van der Waals surface area contributed by atoms with Crippen molar-refractivity contribution in [2.45, 2.75) is 13.0 Å². The summed E-state index contributed by atoms with van der Waals surface area (Å²) >= 11 is 5.93. The Morgan fingerprint density at radius 1 is 0.968 bits per heavy atom. The number of hydrogen-bond donors (Lipinski definition) is 0. The van der Waals surface area contributed by atoms with Crippen LogP contribution in [0.2, 0.25) is 5.02 Å². The molecule has 9 heteroatoms. The Hall–Kier alpha value is -3.23. The predicted molar refractivity (Wildman–Crippen MR) is 114 cm³/mol. The molecule has 158 valence electrons. The van der Waals surface area contributed by atoms with Gasteiger partial charge in [0.2, 0.25) is 17.6 Å². The molecule has 1 amide bonds. The fourth-order valence-electron chi connectivity index (χ4n) is 3.70. The van der Waals surface area contributed by atoms with Gasteiger partial charge >= 0.3 is 0 Å². The summed E-state index contributed by atoms with van der Waals surface area (Å²) < 4.78 is 10.7. The molecular weight excluding hydrogens is 418 g/mol. The van der Waals surface area contributed by atoms with Crippen LogP contribution in [0.5, 0.6) is 0 Å².